The summed E-state index contributed by atoms with van der Waals surface area (Å²) in [6.07, 6.45) is 1.94. The highest BCUT2D eigenvalue weighted by molar-refractivity contribution is 9.10. The summed E-state index contributed by atoms with van der Waals surface area (Å²) in [6.45, 7) is 1.04. The molecule has 3 N–H and O–H groups in total. The van der Waals surface area contributed by atoms with Crippen molar-refractivity contribution in [1.29, 1.82) is 0 Å². The topological polar surface area (TPSA) is 70.6 Å². The van der Waals surface area contributed by atoms with Crippen molar-refractivity contribution < 1.29 is 14.6 Å². The zero-order valence-electron chi connectivity index (χ0n) is 11.4. The maximum absolute atomic E-state index is 11.9. The average Bonchev–Trinajstić information content (AvgIpc) is 3.21. The number of aliphatic hydroxyl groups is 1. The molecule has 0 bridgehead atoms. The van der Waals surface area contributed by atoms with Crippen LogP contribution in [0.5, 0.6) is 0 Å². The van der Waals surface area contributed by atoms with E-state index < -0.39 is 0 Å². The smallest absolute Gasteiger partial charge is 0.319 e. The Labute approximate surface area is 126 Å². The Bertz CT molecular complexity index is 489. The number of amides is 2. The van der Waals surface area contributed by atoms with E-state index in [0.717, 1.165) is 22.9 Å². The molecular formula is C14H19BrN2O3. The summed E-state index contributed by atoms with van der Waals surface area (Å²) in [5.41, 5.74) is 1.52. The van der Waals surface area contributed by atoms with E-state index in [2.05, 4.69) is 26.6 Å². The fourth-order valence-corrected chi connectivity index (χ4v) is 2.45. The molecule has 2 amide bonds. The first-order valence-corrected chi connectivity index (χ1v) is 7.31. The predicted molar refractivity (Wildman–Crippen MR) is 80.6 cm³/mol. The Morgan fingerprint density at radius 1 is 1.50 bits per heavy atom. The molecule has 5 nitrogen and oxygen atoms in total. The number of urea groups is 1. The fourth-order valence-electron chi connectivity index (χ4n) is 1.97. The van der Waals surface area contributed by atoms with Crippen molar-refractivity contribution in [2.24, 2.45) is 5.41 Å². The van der Waals surface area contributed by atoms with Crippen LogP contribution in [0.15, 0.2) is 22.7 Å². The van der Waals surface area contributed by atoms with Crippen LogP contribution in [0.1, 0.15) is 18.4 Å². The molecule has 20 heavy (non-hydrogen) atoms. The van der Waals surface area contributed by atoms with Gasteiger partial charge < -0.3 is 20.5 Å². The number of rotatable bonds is 6. The Morgan fingerprint density at radius 3 is 2.85 bits per heavy atom. The van der Waals surface area contributed by atoms with Crippen LogP contribution >= 0.6 is 15.9 Å². The highest BCUT2D eigenvalue weighted by atomic mass is 79.9. The number of hydrogen-bond donors (Lipinski definition) is 3. The van der Waals surface area contributed by atoms with E-state index in [1.54, 1.807) is 7.11 Å². The average molecular weight is 343 g/mol. The zero-order chi connectivity index (χ0) is 14.6. The Hall–Kier alpha value is -1.11. The number of ether oxygens (including phenoxy) is 1. The Morgan fingerprint density at radius 2 is 2.25 bits per heavy atom. The first-order chi connectivity index (χ1) is 9.60. The van der Waals surface area contributed by atoms with E-state index in [0.29, 0.717) is 18.8 Å². The van der Waals surface area contributed by atoms with E-state index in [1.807, 2.05) is 18.2 Å². The number of nitrogens with one attached hydrogen (secondary N) is 2. The van der Waals surface area contributed by atoms with Crippen LogP contribution < -0.4 is 10.6 Å². The van der Waals surface area contributed by atoms with Gasteiger partial charge in [-0.3, -0.25) is 0 Å². The van der Waals surface area contributed by atoms with Gasteiger partial charge in [-0.1, -0.05) is 22.0 Å². The largest absolute Gasteiger partial charge is 0.396 e. The van der Waals surface area contributed by atoms with Gasteiger partial charge in [-0.15, -0.1) is 0 Å². The Kier molecular flexibility index (Phi) is 5.01. The highest BCUT2D eigenvalue weighted by Crippen LogP contribution is 2.44. The zero-order valence-corrected chi connectivity index (χ0v) is 13.0. The van der Waals surface area contributed by atoms with E-state index in [1.165, 1.54) is 0 Å². The molecule has 0 radical (unpaired) electrons. The minimum absolute atomic E-state index is 0.0933. The van der Waals surface area contributed by atoms with Crippen LogP contribution in [-0.2, 0) is 11.3 Å². The molecule has 1 fully saturated rings. The molecule has 1 aromatic rings. The summed E-state index contributed by atoms with van der Waals surface area (Å²) in [5.74, 6) is 0. The maximum atomic E-state index is 11.9. The first-order valence-electron chi connectivity index (χ1n) is 6.52. The number of halogens is 1. The van der Waals surface area contributed by atoms with Gasteiger partial charge in [0.2, 0.25) is 0 Å². The minimum atomic E-state index is -0.264. The lowest BCUT2D eigenvalue weighted by Gasteiger charge is -2.15. The quantitative estimate of drug-likeness (QED) is 0.743. The lowest BCUT2D eigenvalue weighted by Crippen LogP contribution is -2.35. The predicted octanol–water partition coefficient (Wildman–Crippen LogP) is 2.49. The van der Waals surface area contributed by atoms with Crippen molar-refractivity contribution in [3.8, 4) is 0 Å². The summed E-state index contributed by atoms with van der Waals surface area (Å²) in [5, 5.41) is 14.8. The lowest BCUT2D eigenvalue weighted by atomic mass is 10.1. The van der Waals surface area contributed by atoms with Crippen LogP contribution in [-0.4, -0.2) is 31.4 Å². The molecule has 2 rings (SSSR count). The van der Waals surface area contributed by atoms with Gasteiger partial charge in [0.05, 0.1) is 13.2 Å². The van der Waals surface area contributed by atoms with Gasteiger partial charge in [-0.25, -0.2) is 4.79 Å². The van der Waals surface area contributed by atoms with E-state index in [4.69, 9.17) is 4.74 Å². The highest BCUT2D eigenvalue weighted by Gasteiger charge is 2.42. The third-order valence-electron chi connectivity index (χ3n) is 3.57. The summed E-state index contributed by atoms with van der Waals surface area (Å²) in [7, 11) is 1.61. The molecule has 0 spiro atoms. The molecule has 0 unspecified atom stereocenters. The molecule has 0 saturated heterocycles. The van der Waals surface area contributed by atoms with Gasteiger partial charge in [0.15, 0.2) is 0 Å². The molecular weight excluding hydrogens is 324 g/mol. The van der Waals surface area contributed by atoms with Gasteiger partial charge in [0, 0.05) is 34.8 Å². The van der Waals surface area contributed by atoms with E-state index in [-0.39, 0.29) is 18.1 Å². The molecule has 0 aliphatic heterocycles. The van der Waals surface area contributed by atoms with Crippen molar-refractivity contribution in [3.63, 3.8) is 0 Å². The molecule has 1 aliphatic carbocycles. The summed E-state index contributed by atoms with van der Waals surface area (Å²) < 4.78 is 6.03. The second kappa shape index (κ2) is 6.56. The number of anilines is 1. The lowest BCUT2D eigenvalue weighted by molar-refractivity contribution is 0.185. The first kappa shape index (κ1) is 15.3. The summed E-state index contributed by atoms with van der Waals surface area (Å²) in [4.78, 5) is 11.9. The van der Waals surface area contributed by atoms with E-state index >= 15 is 0 Å². The standard InChI is InChI=1S/C14H19BrN2O3/c1-20-7-10-11(15)3-2-4-12(10)17-13(19)16-8-14(9-18)5-6-14/h2-4,18H,5-9H2,1H3,(H2,16,17,19). The minimum Gasteiger partial charge on any atom is -0.396 e. The molecule has 6 heteroatoms. The van der Waals surface area contributed by atoms with Gasteiger partial charge in [0.1, 0.15) is 0 Å². The van der Waals surface area contributed by atoms with Gasteiger partial charge in [-0.05, 0) is 25.0 Å². The number of hydrogen-bond acceptors (Lipinski definition) is 3. The molecule has 0 heterocycles. The molecule has 0 aromatic heterocycles. The van der Waals surface area contributed by atoms with E-state index in [9.17, 15) is 9.90 Å². The monoisotopic (exact) mass is 342 g/mol. The van der Waals surface area contributed by atoms with Crippen molar-refractivity contribution in [2.75, 3.05) is 25.6 Å². The second-order valence-electron chi connectivity index (χ2n) is 5.16. The van der Waals surface area contributed by atoms with Gasteiger partial charge >= 0.3 is 6.03 Å². The fraction of sp³-hybridized carbons (Fsp3) is 0.500. The second-order valence-corrected chi connectivity index (χ2v) is 6.02. The summed E-state index contributed by atoms with van der Waals surface area (Å²) in [6, 6.07) is 5.33. The number of carbonyl (C=O) groups is 1. The van der Waals surface area contributed by atoms with Gasteiger partial charge in [-0.2, -0.15) is 0 Å². The molecule has 110 valence electrons. The number of aliphatic hydroxyl groups excluding tert-OH is 1. The number of methoxy groups -OCH3 is 1. The van der Waals surface area contributed by atoms with Crippen molar-refractivity contribution >= 4 is 27.6 Å². The third kappa shape index (κ3) is 3.71. The third-order valence-corrected chi connectivity index (χ3v) is 4.32. The van der Waals surface area contributed by atoms with Crippen molar-refractivity contribution in [2.45, 2.75) is 19.4 Å². The number of carbonyl (C=O) groups excluding carboxylic acids is 1. The molecule has 1 aliphatic rings. The summed E-state index contributed by atoms with van der Waals surface area (Å²) >= 11 is 3.45. The van der Waals surface area contributed by atoms with Crippen molar-refractivity contribution in [1.82, 2.24) is 5.32 Å². The number of benzene rings is 1. The van der Waals surface area contributed by atoms with Crippen LogP contribution in [0.2, 0.25) is 0 Å². The SMILES string of the molecule is COCc1c(Br)cccc1NC(=O)NCC1(CO)CC1. The maximum Gasteiger partial charge on any atom is 0.319 e. The normalized spacial score (nSPS) is 15.8. The van der Waals surface area contributed by atoms with Crippen LogP contribution in [0, 0.1) is 5.41 Å². The Balaban J connectivity index is 1.95. The molecule has 1 aromatic carbocycles. The van der Waals surface area contributed by atoms with Gasteiger partial charge in [0.25, 0.3) is 0 Å². The molecule has 0 atom stereocenters. The molecule has 1 saturated carbocycles. The van der Waals surface area contributed by atoms with Crippen molar-refractivity contribution in [3.05, 3.63) is 28.2 Å². The van der Waals surface area contributed by atoms with Crippen LogP contribution in [0.3, 0.4) is 0 Å². The van der Waals surface area contributed by atoms with Crippen LogP contribution in [0.4, 0.5) is 10.5 Å². The van der Waals surface area contributed by atoms with Crippen LogP contribution in [0.25, 0.3) is 0 Å².